The molecule has 0 aromatic carbocycles. The van der Waals surface area contributed by atoms with E-state index < -0.39 is 0 Å². The second-order valence-electron chi connectivity index (χ2n) is 5.46. The van der Waals surface area contributed by atoms with Crippen LogP contribution in [0.4, 0.5) is 0 Å². The minimum absolute atomic E-state index is 0.0147. The molecule has 0 N–H and O–H groups in total. The van der Waals surface area contributed by atoms with Gasteiger partial charge in [0.15, 0.2) is 11.6 Å². The molecule has 20 heavy (non-hydrogen) atoms. The predicted molar refractivity (Wildman–Crippen MR) is 79.7 cm³/mol. The van der Waals surface area contributed by atoms with Gasteiger partial charge >= 0.3 is 0 Å². The lowest BCUT2D eigenvalue weighted by Crippen LogP contribution is -2.17. The van der Waals surface area contributed by atoms with Crippen molar-refractivity contribution in [3.63, 3.8) is 0 Å². The van der Waals surface area contributed by atoms with Gasteiger partial charge < -0.3 is 9.47 Å². The monoisotopic (exact) mass is 284 g/mol. The van der Waals surface area contributed by atoms with Crippen LogP contribution >= 0.6 is 0 Å². The van der Waals surface area contributed by atoms with Gasteiger partial charge in [-0.1, -0.05) is 33.8 Å². The number of hydrogen-bond donors (Lipinski definition) is 0. The molecule has 0 atom stereocenters. The minimum Gasteiger partial charge on any atom is -0.379 e. The molecule has 0 unspecified atom stereocenters. The summed E-state index contributed by atoms with van der Waals surface area (Å²) in [5.74, 6) is 0.662. The molecule has 0 saturated carbocycles. The number of allylic oxidation sites excluding steroid dienone is 2. The first-order chi connectivity index (χ1) is 9.43. The van der Waals surface area contributed by atoms with Crippen LogP contribution in [0.15, 0.2) is 12.2 Å². The summed E-state index contributed by atoms with van der Waals surface area (Å²) in [7, 11) is 0. The Hall–Kier alpha value is -1.00. The second-order valence-corrected chi connectivity index (χ2v) is 5.46. The molecule has 0 rings (SSSR count). The SMILES string of the molecule is CC(C)/C=C/C(=O)CCCOCCOCC(=O)C(C)C. The molecule has 0 aromatic heterocycles. The van der Waals surface area contributed by atoms with Crippen LogP contribution in [0, 0.1) is 11.8 Å². The van der Waals surface area contributed by atoms with Gasteiger partial charge in [0.25, 0.3) is 0 Å². The molecule has 0 aliphatic carbocycles. The highest BCUT2D eigenvalue weighted by molar-refractivity contribution is 5.89. The number of rotatable bonds is 12. The van der Waals surface area contributed by atoms with E-state index in [9.17, 15) is 9.59 Å². The highest BCUT2D eigenvalue weighted by Gasteiger charge is 2.06. The summed E-state index contributed by atoms with van der Waals surface area (Å²) < 4.78 is 10.5. The molecule has 0 aliphatic heterocycles. The fraction of sp³-hybridized carbons (Fsp3) is 0.750. The normalized spacial score (nSPS) is 11.7. The van der Waals surface area contributed by atoms with E-state index in [4.69, 9.17) is 9.47 Å². The number of ether oxygens (including phenoxy) is 2. The first-order valence-corrected chi connectivity index (χ1v) is 7.32. The summed E-state index contributed by atoms with van der Waals surface area (Å²) in [6, 6.07) is 0. The number of ketones is 2. The van der Waals surface area contributed by atoms with Gasteiger partial charge in [0.2, 0.25) is 0 Å². The van der Waals surface area contributed by atoms with E-state index in [1.165, 1.54) is 0 Å². The maximum atomic E-state index is 11.4. The number of hydrogen-bond acceptors (Lipinski definition) is 4. The average molecular weight is 284 g/mol. The zero-order chi connectivity index (χ0) is 15.4. The minimum atomic E-state index is 0.0147. The molecule has 0 radical (unpaired) electrons. The van der Waals surface area contributed by atoms with Gasteiger partial charge in [-0.15, -0.1) is 0 Å². The van der Waals surface area contributed by atoms with Crippen molar-refractivity contribution < 1.29 is 19.1 Å². The zero-order valence-electron chi connectivity index (χ0n) is 13.2. The summed E-state index contributed by atoms with van der Waals surface area (Å²) in [5, 5.41) is 0. The van der Waals surface area contributed by atoms with Crippen molar-refractivity contribution in [2.75, 3.05) is 26.4 Å². The molecule has 0 spiro atoms. The van der Waals surface area contributed by atoms with E-state index in [-0.39, 0.29) is 24.1 Å². The zero-order valence-corrected chi connectivity index (χ0v) is 13.2. The molecule has 116 valence electrons. The van der Waals surface area contributed by atoms with Crippen molar-refractivity contribution in [3.8, 4) is 0 Å². The summed E-state index contributed by atoms with van der Waals surface area (Å²) >= 11 is 0. The summed E-state index contributed by atoms with van der Waals surface area (Å²) in [4.78, 5) is 22.7. The Kier molecular flexibility index (Phi) is 11.2. The van der Waals surface area contributed by atoms with Gasteiger partial charge in [0, 0.05) is 18.9 Å². The van der Waals surface area contributed by atoms with Gasteiger partial charge in [-0.25, -0.2) is 0 Å². The average Bonchev–Trinajstić information content (AvgIpc) is 2.38. The quantitative estimate of drug-likeness (QED) is 0.408. The lowest BCUT2D eigenvalue weighted by atomic mass is 10.1. The fourth-order valence-electron chi connectivity index (χ4n) is 1.29. The van der Waals surface area contributed by atoms with Crippen LogP contribution in [-0.2, 0) is 19.1 Å². The van der Waals surface area contributed by atoms with E-state index in [2.05, 4.69) is 0 Å². The number of carbonyl (C=O) groups excluding carboxylic acids is 2. The van der Waals surface area contributed by atoms with E-state index in [0.717, 1.165) is 0 Å². The summed E-state index contributed by atoms with van der Waals surface area (Å²) in [6.45, 7) is 9.36. The Morgan fingerprint density at radius 1 is 1.00 bits per heavy atom. The van der Waals surface area contributed by atoms with E-state index in [0.29, 0.717) is 38.6 Å². The molecule has 0 bridgehead atoms. The van der Waals surface area contributed by atoms with Crippen LogP contribution in [0.2, 0.25) is 0 Å². The van der Waals surface area contributed by atoms with E-state index in [1.807, 2.05) is 33.8 Å². The maximum Gasteiger partial charge on any atom is 0.160 e. The third-order valence-electron chi connectivity index (χ3n) is 2.64. The van der Waals surface area contributed by atoms with Crippen LogP contribution in [0.5, 0.6) is 0 Å². The van der Waals surface area contributed by atoms with Gasteiger partial charge in [-0.2, -0.15) is 0 Å². The third-order valence-corrected chi connectivity index (χ3v) is 2.64. The molecule has 0 fully saturated rings. The molecule has 4 heteroatoms. The lowest BCUT2D eigenvalue weighted by molar-refractivity contribution is -0.127. The summed E-state index contributed by atoms with van der Waals surface area (Å²) in [6.07, 6.45) is 4.77. The van der Waals surface area contributed by atoms with Crippen LogP contribution in [0.25, 0.3) is 0 Å². The number of carbonyl (C=O) groups is 2. The molecule has 4 nitrogen and oxygen atoms in total. The van der Waals surface area contributed by atoms with Gasteiger partial charge in [-0.05, 0) is 18.4 Å². The smallest absolute Gasteiger partial charge is 0.160 e. The highest BCUT2D eigenvalue weighted by atomic mass is 16.5. The third kappa shape index (κ3) is 12.1. The van der Waals surface area contributed by atoms with Gasteiger partial charge in [0.1, 0.15) is 6.61 Å². The topological polar surface area (TPSA) is 52.6 Å². The van der Waals surface area contributed by atoms with Crippen molar-refractivity contribution in [2.24, 2.45) is 11.8 Å². The van der Waals surface area contributed by atoms with E-state index >= 15 is 0 Å². The number of Topliss-reactive ketones (excluding diaryl/α,β-unsaturated/α-hetero) is 1. The Labute approximate surface area is 122 Å². The predicted octanol–water partition coefficient (Wildman–Crippen LogP) is 2.81. The van der Waals surface area contributed by atoms with Crippen LogP contribution in [-0.4, -0.2) is 38.0 Å². The summed E-state index contributed by atoms with van der Waals surface area (Å²) in [5.41, 5.74) is 0. The molecule has 0 heterocycles. The first kappa shape index (κ1) is 19.0. The Morgan fingerprint density at radius 3 is 2.25 bits per heavy atom. The van der Waals surface area contributed by atoms with Gasteiger partial charge in [0.05, 0.1) is 13.2 Å². The largest absolute Gasteiger partial charge is 0.379 e. The maximum absolute atomic E-state index is 11.4. The fourth-order valence-corrected chi connectivity index (χ4v) is 1.29. The molecular formula is C16H28O4. The van der Waals surface area contributed by atoms with Crippen molar-refractivity contribution in [1.82, 2.24) is 0 Å². The van der Waals surface area contributed by atoms with Crippen molar-refractivity contribution in [1.29, 1.82) is 0 Å². The van der Waals surface area contributed by atoms with Crippen molar-refractivity contribution in [2.45, 2.75) is 40.5 Å². The Bertz CT molecular complexity index is 306. The highest BCUT2D eigenvalue weighted by Crippen LogP contribution is 1.98. The lowest BCUT2D eigenvalue weighted by Gasteiger charge is -2.06. The van der Waals surface area contributed by atoms with Crippen LogP contribution < -0.4 is 0 Å². The standard InChI is InChI=1S/C16H28O4/c1-13(2)7-8-15(17)6-5-9-19-10-11-20-12-16(18)14(3)4/h7-8,13-14H,5-6,9-12H2,1-4H3/b8-7+. The Morgan fingerprint density at radius 2 is 1.65 bits per heavy atom. The van der Waals surface area contributed by atoms with Crippen molar-refractivity contribution >= 4 is 11.6 Å². The molecule has 0 saturated heterocycles. The van der Waals surface area contributed by atoms with Crippen LogP contribution in [0.3, 0.4) is 0 Å². The molecule has 0 amide bonds. The molecule has 0 aromatic rings. The van der Waals surface area contributed by atoms with Gasteiger partial charge in [-0.3, -0.25) is 9.59 Å². The molecule has 0 aliphatic rings. The second kappa shape index (κ2) is 11.8. The molecular weight excluding hydrogens is 256 g/mol. The van der Waals surface area contributed by atoms with Crippen LogP contribution in [0.1, 0.15) is 40.5 Å². The van der Waals surface area contributed by atoms with Crippen molar-refractivity contribution in [3.05, 3.63) is 12.2 Å². The first-order valence-electron chi connectivity index (χ1n) is 7.32. The Balaban J connectivity index is 3.37. The van der Waals surface area contributed by atoms with E-state index in [1.54, 1.807) is 6.08 Å².